The predicted molar refractivity (Wildman–Crippen MR) is 200 cm³/mol. The first-order valence-corrected chi connectivity index (χ1v) is 17.7. The van der Waals surface area contributed by atoms with Gasteiger partial charge in [0.05, 0.1) is 0 Å². The molecule has 45 heavy (non-hydrogen) atoms. The number of rotatable bonds is 10. The lowest BCUT2D eigenvalue weighted by atomic mass is 9.71. The molecule has 2 aromatic heterocycles. The van der Waals surface area contributed by atoms with Gasteiger partial charge in [-0.2, -0.15) is 0 Å². The SMILES string of the molecule is C=Cc1ccc(-c2ccc(-c3ccc4c(c3)C(CCC)(CCC)c3cc(-c5ccc(-c6ccc(C=C)cc6)s5)ccc3-4)s2)cc1. The third-order valence-corrected chi connectivity index (χ3v) is 11.7. The van der Waals surface area contributed by atoms with E-state index in [9.17, 15) is 0 Å². The summed E-state index contributed by atoms with van der Waals surface area (Å²) in [5.41, 5.74) is 13.3. The molecule has 0 atom stereocenters. The highest BCUT2D eigenvalue weighted by Crippen LogP contribution is 2.56. The minimum absolute atomic E-state index is 0.0292. The summed E-state index contributed by atoms with van der Waals surface area (Å²) in [5, 5.41) is 0. The molecule has 1 aliphatic carbocycles. The van der Waals surface area contributed by atoms with Crippen LogP contribution in [0.1, 0.15) is 61.8 Å². The first kappa shape index (κ1) is 29.5. The Hall–Kier alpha value is -4.24. The second-order valence-electron chi connectivity index (χ2n) is 12.1. The summed E-state index contributed by atoms with van der Waals surface area (Å²) in [7, 11) is 0. The number of hydrogen-bond acceptors (Lipinski definition) is 2. The minimum Gasteiger partial charge on any atom is -0.135 e. The first-order chi connectivity index (χ1) is 22.1. The Morgan fingerprint density at radius 2 is 0.844 bits per heavy atom. The highest BCUT2D eigenvalue weighted by Gasteiger charge is 2.42. The zero-order valence-electron chi connectivity index (χ0n) is 26.1. The van der Waals surface area contributed by atoms with Crippen LogP contribution in [0.15, 0.2) is 122 Å². The molecule has 0 saturated carbocycles. The van der Waals surface area contributed by atoms with Crippen molar-refractivity contribution in [2.24, 2.45) is 0 Å². The van der Waals surface area contributed by atoms with Gasteiger partial charge in [0.15, 0.2) is 0 Å². The molecule has 1 aliphatic rings. The van der Waals surface area contributed by atoms with Crippen LogP contribution in [0, 0.1) is 0 Å². The third-order valence-electron chi connectivity index (χ3n) is 9.36. The van der Waals surface area contributed by atoms with E-state index in [1.807, 2.05) is 34.8 Å². The van der Waals surface area contributed by atoms with E-state index >= 15 is 0 Å². The Labute approximate surface area is 276 Å². The van der Waals surface area contributed by atoms with Gasteiger partial charge in [-0.05, 0) is 105 Å². The van der Waals surface area contributed by atoms with Crippen molar-refractivity contribution in [1.29, 1.82) is 0 Å². The quantitative estimate of drug-likeness (QED) is 0.143. The molecule has 7 rings (SSSR count). The zero-order chi connectivity index (χ0) is 31.0. The molecule has 0 aliphatic heterocycles. The van der Waals surface area contributed by atoms with Crippen molar-refractivity contribution in [3.8, 4) is 52.9 Å². The maximum Gasteiger partial charge on any atom is 0.0349 e. The van der Waals surface area contributed by atoms with E-state index in [1.54, 1.807) is 0 Å². The Bertz CT molecular complexity index is 1850. The standard InChI is InChI=1S/C43H38S2/c1-5-25-43(26-6-2)37-27-33(41-23-21-39(44-41)31-13-9-29(7-3)10-14-31)17-19-35(37)36-20-18-34(28-38(36)43)42-24-22-40(45-42)32-15-11-30(8-4)12-16-32/h7-24,27-28H,3-6,25-26H2,1-2H3. The van der Waals surface area contributed by atoms with Crippen molar-refractivity contribution >= 4 is 34.8 Å². The summed E-state index contributed by atoms with van der Waals surface area (Å²) in [4.78, 5) is 5.25. The van der Waals surface area contributed by atoms with Crippen LogP contribution in [0.4, 0.5) is 0 Å². The molecule has 0 unspecified atom stereocenters. The second-order valence-corrected chi connectivity index (χ2v) is 14.3. The zero-order valence-corrected chi connectivity index (χ0v) is 27.7. The average molecular weight is 619 g/mol. The fraction of sp³-hybridized carbons (Fsp3) is 0.163. The molecule has 4 aromatic carbocycles. The average Bonchev–Trinajstić information content (AvgIpc) is 3.84. The molecule has 0 bridgehead atoms. The summed E-state index contributed by atoms with van der Waals surface area (Å²) < 4.78 is 0. The fourth-order valence-electron chi connectivity index (χ4n) is 7.18. The number of fused-ring (bicyclic) bond motifs is 3. The van der Waals surface area contributed by atoms with E-state index < -0.39 is 0 Å². The molecule has 0 spiro atoms. The minimum atomic E-state index is 0.0292. The molecule has 0 amide bonds. The van der Waals surface area contributed by atoms with Crippen molar-refractivity contribution < 1.29 is 0 Å². The van der Waals surface area contributed by atoms with Gasteiger partial charge in [0.1, 0.15) is 0 Å². The number of hydrogen-bond donors (Lipinski definition) is 0. The van der Waals surface area contributed by atoms with Crippen LogP contribution in [-0.2, 0) is 5.41 Å². The molecule has 2 heterocycles. The lowest BCUT2D eigenvalue weighted by Crippen LogP contribution is -2.25. The molecular weight excluding hydrogens is 581 g/mol. The Balaban J connectivity index is 1.27. The summed E-state index contributed by atoms with van der Waals surface area (Å²) in [6.07, 6.45) is 8.42. The van der Waals surface area contributed by atoms with E-state index in [-0.39, 0.29) is 5.41 Å². The van der Waals surface area contributed by atoms with Gasteiger partial charge in [-0.3, -0.25) is 0 Å². The van der Waals surface area contributed by atoms with E-state index in [0.29, 0.717) is 0 Å². The largest absolute Gasteiger partial charge is 0.135 e. The van der Waals surface area contributed by atoms with Gasteiger partial charge in [0.2, 0.25) is 0 Å². The fourth-order valence-corrected chi connectivity index (χ4v) is 9.20. The normalized spacial score (nSPS) is 12.9. The first-order valence-electron chi connectivity index (χ1n) is 16.0. The molecule has 0 nitrogen and oxygen atoms in total. The third kappa shape index (κ3) is 5.27. The van der Waals surface area contributed by atoms with Crippen LogP contribution in [-0.4, -0.2) is 0 Å². The summed E-state index contributed by atoms with van der Waals surface area (Å²) in [6, 6.07) is 41.0. The van der Waals surface area contributed by atoms with Crippen molar-refractivity contribution in [3.05, 3.63) is 145 Å². The van der Waals surface area contributed by atoms with Gasteiger partial charge in [-0.25, -0.2) is 0 Å². The molecule has 0 radical (unpaired) electrons. The van der Waals surface area contributed by atoms with E-state index in [0.717, 1.165) is 36.8 Å². The van der Waals surface area contributed by atoms with E-state index in [4.69, 9.17) is 0 Å². The van der Waals surface area contributed by atoms with Crippen LogP contribution in [0.25, 0.3) is 65.0 Å². The highest BCUT2D eigenvalue weighted by atomic mass is 32.1. The Morgan fingerprint density at radius 1 is 0.489 bits per heavy atom. The molecule has 0 N–H and O–H groups in total. The lowest BCUT2D eigenvalue weighted by molar-refractivity contribution is 0.436. The van der Waals surface area contributed by atoms with Crippen LogP contribution in [0.2, 0.25) is 0 Å². The van der Waals surface area contributed by atoms with Gasteiger partial charge in [-0.15, -0.1) is 22.7 Å². The maximum absolute atomic E-state index is 3.90. The monoisotopic (exact) mass is 618 g/mol. The summed E-state index contributed by atoms with van der Waals surface area (Å²) in [5.74, 6) is 0. The number of benzene rings is 4. The predicted octanol–water partition coefficient (Wildman–Crippen LogP) is 13.6. The highest BCUT2D eigenvalue weighted by molar-refractivity contribution is 7.19. The van der Waals surface area contributed by atoms with Crippen molar-refractivity contribution in [3.63, 3.8) is 0 Å². The van der Waals surface area contributed by atoms with Crippen LogP contribution in [0.3, 0.4) is 0 Å². The maximum atomic E-state index is 3.90. The summed E-state index contributed by atoms with van der Waals surface area (Å²) >= 11 is 3.76. The molecule has 0 saturated heterocycles. The molecule has 6 aromatic rings. The molecule has 0 fully saturated rings. The van der Waals surface area contributed by atoms with E-state index in [1.165, 1.54) is 64.0 Å². The van der Waals surface area contributed by atoms with Gasteiger partial charge < -0.3 is 0 Å². The number of thiophene rings is 2. The van der Waals surface area contributed by atoms with Crippen molar-refractivity contribution in [1.82, 2.24) is 0 Å². The van der Waals surface area contributed by atoms with Crippen molar-refractivity contribution in [2.45, 2.75) is 44.9 Å². The van der Waals surface area contributed by atoms with Crippen molar-refractivity contribution in [2.75, 3.05) is 0 Å². The van der Waals surface area contributed by atoms with Gasteiger partial charge >= 0.3 is 0 Å². The van der Waals surface area contributed by atoms with Crippen LogP contribution >= 0.6 is 22.7 Å². The van der Waals surface area contributed by atoms with Gasteiger partial charge in [0, 0.05) is 24.9 Å². The van der Waals surface area contributed by atoms with Crippen LogP contribution < -0.4 is 0 Å². The second kappa shape index (κ2) is 12.3. The van der Waals surface area contributed by atoms with Gasteiger partial charge in [-0.1, -0.05) is 125 Å². The molecule has 2 heteroatoms. The Morgan fingerprint density at radius 3 is 1.20 bits per heavy atom. The molecule has 222 valence electrons. The topological polar surface area (TPSA) is 0 Å². The summed E-state index contributed by atoms with van der Waals surface area (Å²) in [6.45, 7) is 12.5. The Kier molecular flexibility index (Phi) is 8.04. The van der Waals surface area contributed by atoms with Gasteiger partial charge in [0.25, 0.3) is 0 Å². The van der Waals surface area contributed by atoms with E-state index in [2.05, 4.69) is 136 Å². The lowest BCUT2D eigenvalue weighted by Gasteiger charge is -2.32. The smallest absolute Gasteiger partial charge is 0.0349 e. The van der Waals surface area contributed by atoms with Crippen LogP contribution in [0.5, 0.6) is 0 Å². The molecular formula is C43H38S2.